The Morgan fingerprint density at radius 1 is 1.07 bits per heavy atom. The van der Waals surface area contributed by atoms with Gasteiger partial charge in [0.05, 0.1) is 19.2 Å². The van der Waals surface area contributed by atoms with Crippen molar-refractivity contribution in [1.29, 1.82) is 0 Å². The maximum absolute atomic E-state index is 13.1. The van der Waals surface area contributed by atoms with Gasteiger partial charge in [0.15, 0.2) is 0 Å². The van der Waals surface area contributed by atoms with Gasteiger partial charge in [0.2, 0.25) is 0 Å². The van der Waals surface area contributed by atoms with E-state index >= 15 is 0 Å². The number of nitrogens with one attached hydrogen (secondary N) is 1. The van der Waals surface area contributed by atoms with Crippen LogP contribution in [0.2, 0.25) is 0 Å². The smallest absolute Gasteiger partial charge is 0.260 e. The average molecular weight is 398 g/mol. The van der Waals surface area contributed by atoms with Crippen molar-refractivity contribution in [2.75, 3.05) is 12.4 Å². The van der Waals surface area contributed by atoms with Gasteiger partial charge in [-0.15, -0.1) is 0 Å². The highest BCUT2D eigenvalue weighted by Crippen LogP contribution is 2.26. The maximum atomic E-state index is 13.1. The van der Waals surface area contributed by atoms with E-state index in [-0.39, 0.29) is 5.91 Å². The molecule has 0 saturated heterocycles. The van der Waals surface area contributed by atoms with E-state index in [1.807, 2.05) is 67.6 Å². The number of hydrogen-bond acceptors (Lipinski definition) is 4. The molecule has 0 bridgehead atoms. The normalized spacial score (nSPS) is 10.6. The number of methoxy groups -OCH3 is 1. The fourth-order valence-electron chi connectivity index (χ4n) is 3.15. The molecule has 2 heterocycles. The molecule has 30 heavy (non-hydrogen) atoms. The number of benzene rings is 2. The molecule has 0 unspecified atom stereocenters. The fraction of sp³-hybridized carbons (Fsp3) is 0.125. The summed E-state index contributed by atoms with van der Waals surface area (Å²) in [6.45, 7) is 2.51. The molecule has 4 aromatic rings. The molecule has 2 aromatic heterocycles. The largest absolute Gasteiger partial charge is 0.497 e. The van der Waals surface area contributed by atoms with Crippen LogP contribution in [-0.4, -0.2) is 27.8 Å². The second kappa shape index (κ2) is 8.61. The number of rotatable bonds is 6. The molecule has 150 valence electrons. The molecule has 0 fully saturated rings. The molecule has 0 aliphatic rings. The first-order valence-corrected chi connectivity index (χ1v) is 9.62. The molecule has 4 rings (SSSR count). The number of aromatic nitrogens is 3. The molecule has 1 amide bonds. The molecule has 0 saturated carbocycles. The van der Waals surface area contributed by atoms with Gasteiger partial charge in [-0.25, -0.2) is 4.98 Å². The average Bonchev–Trinajstić information content (AvgIpc) is 3.20. The van der Waals surface area contributed by atoms with Crippen molar-refractivity contribution in [2.24, 2.45) is 0 Å². The van der Waals surface area contributed by atoms with Crippen molar-refractivity contribution >= 4 is 11.7 Å². The van der Waals surface area contributed by atoms with E-state index in [0.29, 0.717) is 29.4 Å². The second-order valence-electron chi connectivity index (χ2n) is 6.98. The molecule has 0 spiro atoms. The van der Waals surface area contributed by atoms with E-state index in [0.717, 1.165) is 16.7 Å². The first-order valence-electron chi connectivity index (χ1n) is 9.62. The number of nitrogens with zero attached hydrogens (tertiary/aromatic N) is 3. The standard InChI is InChI=1S/C24H22N4O2/c1-17-11-12-22(25-14-17)26-24(29)21-16-28(15-18-7-4-3-5-8-18)27-23(21)19-9-6-10-20(13-19)30-2/h3-14,16H,15H2,1-2H3,(H,25,26,29). The highest BCUT2D eigenvalue weighted by molar-refractivity contribution is 6.07. The van der Waals surface area contributed by atoms with Crippen LogP contribution in [0.1, 0.15) is 21.5 Å². The quantitative estimate of drug-likeness (QED) is 0.517. The Bertz CT molecular complexity index is 1150. The SMILES string of the molecule is COc1cccc(-c2nn(Cc3ccccc3)cc2C(=O)Nc2ccc(C)cn2)c1. The molecule has 0 aliphatic heterocycles. The lowest BCUT2D eigenvalue weighted by molar-refractivity contribution is 0.102. The molecule has 6 heteroatoms. The van der Waals surface area contributed by atoms with Gasteiger partial charge in [-0.05, 0) is 36.2 Å². The zero-order chi connectivity index (χ0) is 20.9. The lowest BCUT2D eigenvalue weighted by Crippen LogP contribution is -2.13. The number of hydrogen-bond donors (Lipinski definition) is 1. The summed E-state index contributed by atoms with van der Waals surface area (Å²) in [5, 5.41) is 7.57. The molecule has 0 aliphatic carbocycles. The van der Waals surface area contributed by atoms with Gasteiger partial charge in [-0.3, -0.25) is 9.48 Å². The Kier molecular flexibility index (Phi) is 5.57. The van der Waals surface area contributed by atoms with Crippen LogP contribution in [0, 0.1) is 6.92 Å². The molecule has 0 radical (unpaired) electrons. The Morgan fingerprint density at radius 3 is 2.63 bits per heavy atom. The zero-order valence-electron chi connectivity index (χ0n) is 16.9. The maximum Gasteiger partial charge on any atom is 0.260 e. The summed E-state index contributed by atoms with van der Waals surface area (Å²) >= 11 is 0. The Hall–Kier alpha value is -3.93. The highest BCUT2D eigenvalue weighted by Gasteiger charge is 2.19. The molecule has 1 N–H and O–H groups in total. The van der Waals surface area contributed by atoms with Gasteiger partial charge in [0.25, 0.3) is 5.91 Å². The lowest BCUT2D eigenvalue weighted by Gasteiger charge is -2.06. The van der Waals surface area contributed by atoms with Gasteiger partial charge in [0.1, 0.15) is 17.3 Å². The van der Waals surface area contributed by atoms with Crippen molar-refractivity contribution in [3.63, 3.8) is 0 Å². The van der Waals surface area contributed by atoms with E-state index < -0.39 is 0 Å². The summed E-state index contributed by atoms with van der Waals surface area (Å²) < 4.78 is 7.12. The number of carbonyl (C=O) groups excluding carboxylic acids is 1. The van der Waals surface area contributed by atoms with Crippen LogP contribution in [-0.2, 0) is 6.54 Å². The predicted octanol–water partition coefficient (Wildman–Crippen LogP) is 4.56. The minimum Gasteiger partial charge on any atom is -0.497 e. The zero-order valence-corrected chi connectivity index (χ0v) is 16.9. The van der Waals surface area contributed by atoms with Crippen molar-refractivity contribution < 1.29 is 9.53 Å². The number of ether oxygens (including phenoxy) is 1. The minimum atomic E-state index is -0.261. The third-order valence-electron chi connectivity index (χ3n) is 4.69. The number of pyridine rings is 1. The van der Waals surface area contributed by atoms with Crippen molar-refractivity contribution in [2.45, 2.75) is 13.5 Å². The minimum absolute atomic E-state index is 0.261. The Labute approximate surface area is 175 Å². The second-order valence-corrected chi connectivity index (χ2v) is 6.98. The van der Waals surface area contributed by atoms with Crippen LogP contribution in [0.4, 0.5) is 5.82 Å². The summed E-state index contributed by atoms with van der Waals surface area (Å²) in [5.41, 5.74) is 4.00. The van der Waals surface area contributed by atoms with E-state index in [2.05, 4.69) is 10.3 Å². The van der Waals surface area contributed by atoms with Crippen LogP contribution >= 0.6 is 0 Å². The number of aryl methyl sites for hydroxylation is 1. The summed E-state index contributed by atoms with van der Waals surface area (Å²) in [6, 6.07) is 21.2. The Balaban J connectivity index is 1.70. The fourth-order valence-corrected chi connectivity index (χ4v) is 3.15. The molecule has 0 atom stereocenters. The molecule has 2 aromatic carbocycles. The van der Waals surface area contributed by atoms with Crippen molar-refractivity contribution in [3.05, 3.63) is 95.8 Å². The third-order valence-corrected chi connectivity index (χ3v) is 4.69. The van der Waals surface area contributed by atoms with Gasteiger partial charge in [-0.2, -0.15) is 5.10 Å². The van der Waals surface area contributed by atoms with Gasteiger partial charge < -0.3 is 10.1 Å². The topological polar surface area (TPSA) is 69.0 Å². The third kappa shape index (κ3) is 4.38. The number of amides is 1. The Morgan fingerprint density at radius 2 is 1.90 bits per heavy atom. The van der Waals surface area contributed by atoms with Crippen LogP contribution in [0.3, 0.4) is 0 Å². The predicted molar refractivity (Wildman–Crippen MR) is 117 cm³/mol. The van der Waals surface area contributed by atoms with Crippen molar-refractivity contribution in [1.82, 2.24) is 14.8 Å². The first-order chi connectivity index (χ1) is 14.6. The summed E-state index contributed by atoms with van der Waals surface area (Å²) in [4.78, 5) is 17.3. The van der Waals surface area contributed by atoms with E-state index in [4.69, 9.17) is 9.84 Å². The van der Waals surface area contributed by atoms with Crippen LogP contribution in [0.25, 0.3) is 11.3 Å². The summed E-state index contributed by atoms with van der Waals surface area (Å²) in [6.07, 6.45) is 3.49. The van der Waals surface area contributed by atoms with Crippen LogP contribution < -0.4 is 10.1 Å². The molecular weight excluding hydrogens is 376 g/mol. The summed E-state index contributed by atoms with van der Waals surface area (Å²) in [5.74, 6) is 0.943. The van der Waals surface area contributed by atoms with E-state index in [9.17, 15) is 4.79 Å². The highest BCUT2D eigenvalue weighted by atomic mass is 16.5. The lowest BCUT2D eigenvalue weighted by atomic mass is 10.1. The molecule has 6 nitrogen and oxygen atoms in total. The van der Waals surface area contributed by atoms with Gasteiger partial charge >= 0.3 is 0 Å². The van der Waals surface area contributed by atoms with Gasteiger partial charge in [0, 0.05) is 18.0 Å². The first kappa shape index (κ1) is 19.4. The summed E-state index contributed by atoms with van der Waals surface area (Å²) in [7, 11) is 1.61. The number of carbonyl (C=O) groups is 1. The van der Waals surface area contributed by atoms with E-state index in [1.54, 1.807) is 30.3 Å². The van der Waals surface area contributed by atoms with Gasteiger partial charge in [-0.1, -0.05) is 48.5 Å². The van der Waals surface area contributed by atoms with Crippen molar-refractivity contribution in [3.8, 4) is 17.0 Å². The molecular formula is C24H22N4O2. The monoisotopic (exact) mass is 398 g/mol. The van der Waals surface area contributed by atoms with E-state index in [1.165, 1.54) is 0 Å². The van der Waals surface area contributed by atoms with Crippen LogP contribution in [0.5, 0.6) is 5.75 Å². The van der Waals surface area contributed by atoms with Crippen LogP contribution in [0.15, 0.2) is 79.1 Å². The number of anilines is 1.